The molecule has 2 aromatic rings. The summed E-state index contributed by atoms with van der Waals surface area (Å²) in [6.07, 6.45) is 6.09. The quantitative estimate of drug-likeness (QED) is 0.709. The molecule has 5 rings (SSSR count). The second-order valence-corrected chi connectivity index (χ2v) is 9.60. The molecule has 0 aliphatic carbocycles. The van der Waals surface area contributed by atoms with Crippen molar-refractivity contribution >= 4 is 35.4 Å². The zero-order chi connectivity index (χ0) is 20.6. The molecule has 3 aliphatic heterocycles. The van der Waals surface area contributed by atoms with Gasteiger partial charge >= 0.3 is 0 Å². The number of rotatable bonds is 3. The lowest BCUT2D eigenvalue weighted by Gasteiger charge is -2.40. The molecular weight excluding hydrogens is 434 g/mol. The highest BCUT2D eigenvalue weighted by molar-refractivity contribution is 7.14. The molecule has 1 spiro atoms. The van der Waals surface area contributed by atoms with Crippen molar-refractivity contribution < 1.29 is 14.3 Å². The third-order valence-corrected chi connectivity index (χ3v) is 7.81. The normalized spacial score (nSPS) is 22.5. The number of hydrogen-bond acceptors (Lipinski definition) is 6. The van der Waals surface area contributed by atoms with E-state index in [0.717, 1.165) is 56.7 Å². The summed E-state index contributed by atoms with van der Waals surface area (Å²) in [5, 5.41) is 3.41. The number of halogens is 1. The standard InChI is InChI=1S/C23H27N3O3S.ClH/c27-21(18-5-1-2-9-25-18)16-4-3-12-26(15-16)22(28)20-14-17-19(30-20)6-13-29-23(17)7-10-24-11-8-23;/h1-2,5,9,14,16,24H,3-4,6-8,10-13,15H2;1H. The Bertz CT molecular complexity index is 943. The lowest BCUT2D eigenvalue weighted by Crippen LogP contribution is -2.44. The van der Waals surface area contributed by atoms with Gasteiger partial charge in [-0.05, 0) is 62.5 Å². The van der Waals surface area contributed by atoms with Crippen molar-refractivity contribution in [1.82, 2.24) is 15.2 Å². The van der Waals surface area contributed by atoms with Crippen molar-refractivity contribution in [3.05, 3.63) is 51.5 Å². The van der Waals surface area contributed by atoms with E-state index in [2.05, 4.69) is 16.4 Å². The molecular formula is C23H28ClN3O3S. The van der Waals surface area contributed by atoms with E-state index in [4.69, 9.17) is 4.74 Å². The molecule has 1 N–H and O–H groups in total. The lowest BCUT2D eigenvalue weighted by atomic mass is 9.83. The molecule has 31 heavy (non-hydrogen) atoms. The molecule has 0 aromatic carbocycles. The number of nitrogens with one attached hydrogen (secondary N) is 1. The van der Waals surface area contributed by atoms with Crippen molar-refractivity contribution in [2.75, 3.05) is 32.8 Å². The number of carbonyl (C=O) groups is 2. The summed E-state index contributed by atoms with van der Waals surface area (Å²) >= 11 is 1.62. The summed E-state index contributed by atoms with van der Waals surface area (Å²) < 4.78 is 6.26. The van der Waals surface area contributed by atoms with Gasteiger partial charge in [0.25, 0.3) is 5.91 Å². The van der Waals surface area contributed by atoms with Gasteiger partial charge in [0.05, 0.1) is 17.1 Å². The fraction of sp³-hybridized carbons (Fsp3) is 0.522. The van der Waals surface area contributed by atoms with Crippen molar-refractivity contribution in [1.29, 1.82) is 0 Å². The molecule has 5 heterocycles. The lowest BCUT2D eigenvalue weighted by molar-refractivity contribution is -0.0792. The van der Waals surface area contributed by atoms with Gasteiger partial charge in [-0.15, -0.1) is 23.7 Å². The molecule has 0 bridgehead atoms. The Kier molecular flexibility index (Phi) is 6.77. The second kappa shape index (κ2) is 9.36. The Morgan fingerprint density at radius 2 is 2.10 bits per heavy atom. The van der Waals surface area contributed by atoms with Crippen LogP contribution in [0.15, 0.2) is 30.5 Å². The molecule has 2 fully saturated rings. The SMILES string of the molecule is Cl.O=C(c1ccccn1)C1CCCN(C(=O)c2cc3c(s2)CCOC32CCNCC2)C1. The van der Waals surface area contributed by atoms with Crippen LogP contribution < -0.4 is 5.32 Å². The first-order chi connectivity index (χ1) is 14.7. The second-order valence-electron chi connectivity index (χ2n) is 8.46. The number of Topliss-reactive ketones (excluding diaryl/α,β-unsaturated/α-hetero) is 1. The van der Waals surface area contributed by atoms with E-state index < -0.39 is 0 Å². The van der Waals surface area contributed by atoms with Crippen LogP contribution in [0.1, 0.15) is 56.3 Å². The van der Waals surface area contributed by atoms with Gasteiger partial charge in [0.1, 0.15) is 5.69 Å². The van der Waals surface area contributed by atoms with Crippen molar-refractivity contribution in [3.63, 3.8) is 0 Å². The summed E-state index contributed by atoms with van der Waals surface area (Å²) in [5.41, 5.74) is 1.49. The van der Waals surface area contributed by atoms with Gasteiger partial charge in [-0.25, -0.2) is 0 Å². The van der Waals surface area contributed by atoms with Gasteiger partial charge in [-0.3, -0.25) is 14.6 Å². The van der Waals surface area contributed by atoms with Crippen LogP contribution in [0.25, 0.3) is 0 Å². The molecule has 0 radical (unpaired) electrons. The number of ether oxygens (including phenoxy) is 1. The number of hydrogen-bond donors (Lipinski definition) is 1. The highest BCUT2D eigenvalue weighted by atomic mass is 35.5. The largest absolute Gasteiger partial charge is 0.370 e. The van der Waals surface area contributed by atoms with E-state index in [9.17, 15) is 9.59 Å². The van der Waals surface area contributed by atoms with E-state index in [-0.39, 0.29) is 35.6 Å². The summed E-state index contributed by atoms with van der Waals surface area (Å²) in [6, 6.07) is 7.48. The molecule has 3 aliphatic rings. The maximum atomic E-state index is 13.3. The number of amides is 1. The van der Waals surface area contributed by atoms with E-state index in [1.165, 1.54) is 10.4 Å². The number of ketones is 1. The molecule has 8 heteroatoms. The van der Waals surface area contributed by atoms with Gasteiger partial charge in [-0.2, -0.15) is 0 Å². The third-order valence-electron chi connectivity index (χ3n) is 6.63. The zero-order valence-corrected chi connectivity index (χ0v) is 19.1. The monoisotopic (exact) mass is 461 g/mol. The number of piperidine rings is 2. The van der Waals surface area contributed by atoms with Crippen LogP contribution in [-0.2, 0) is 16.8 Å². The van der Waals surface area contributed by atoms with E-state index in [1.54, 1.807) is 23.6 Å². The van der Waals surface area contributed by atoms with Gasteiger partial charge in [-0.1, -0.05) is 6.07 Å². The number of nitrogens with zero attached hydrogens (tertiary/aromatic N) is 2. The number of aromatic nitrogens is 1. The van der Waals surface area contributed by atoms with Gasteiger partial charge < -0.3 is 15.0 Å². The van der Waals surface area contributed by atoms with Crippen molar-refractivity contribution in [3.8, 4) is 0 Å². The highest BCUT2D eigenvalue weighted by Crippen LogP contribution is 2.43. The van der Waals surface area contributed by atoms with Crippen LogP contribution in [0.3, 0.4) is 0 Å². The minimum Gasteiger partial charge on any atom is -0.370 e. The third kappa shape index (κ3) is 4.29. The summed E-state index contributed by atoms with van der Waals surface area (Å²) in [5.74, 6) is -0.0797. The minimum absolute atomic E-state index is 0. The fourth-order valence-corrected chi connectivity index (χ4v) is 6.21. The molecule has 166 valence electrons. The highest BCUT2D eigenvalue weighted by Gasteiger charge is 2.41. The van der Waals surface area contributed by atoms with Crippen LogP contribution in [0.2, 0.25) is 0 Å². The van der Waals surface area contributed by atoms with Crippen LogP contribution in [0.5, 0.6) is 0 Å². The van der Waals surface area contributed by atoms with E-state index >= 15 is 0 Å². The Balaban J connectivity index is 0.00000231. The predicted molar refractivity (Wildman–Crippen MR) is 122 cm³/mol. The first kappa shape index (κ1) is 22.4. The molecule has 2 aromatic heterocycles. The van der Waals surface area contributed by atoms with Crippen LogP contribution >= 0.6 is 23.7 Å². The van der Waals surface area contributed by atoms with E-state index in [0.29, 0.717) is 18.8 Å². The number of likely N-dealkylation sites (tertiary alicyclic amines) is 1. The van der Waals surface area contributed by atoms with Gasteiger partial charge in [0.15, 0.2) is 5.78 Å². The van der Waals surface area contributed by atoms with E-state index in [1.807, 2.05) is 17.0 Å². The number of pyridine rings is 1. The molecule has 1 unspecified atom stereocenters. The van der Waals surface area contributed by atoms with Crippen molar-refractivity contribution in [2.45, 2.75) is 37.7 Å². The summed E-state index contributed by atoms with van der Waals surface area (Å²) in [7, 11) is 0. The first-order valence-corrected chi connectivity index (χ1v) is 11.7. The average Bonchev–Trinajstić information content (AvgIpc) is 3.25. The molecule has 0 saturated carbocycles. The van der Waals surface area contributed by atoms with Crippen LogP contribution in [0.4, 0.5) is 0 Å². The Morgan fingerprint density at radius 3 is 2.87 bits per heavy atom. The molecule has 1 amide bonds. The van der Waals surface area contributed by atoms with Crippen LogP contribution in [0, 0.1) is 5.92 Å². The predicted octanol–water partition coefficient (Wildman–Crippen LogP) is 3.45. The number of fused-ring (bicyclic) bond motifs is 2. The number of thiophene rings is 1. The number of carbonyl (C=O) groups excluding carboxylic acids is 2. The maximum Gasteiger partial charge on any atom is 0.263 e. The maximum absolute atomic E-state index is 13.3. The van der Waals surface area contributed by atoms with Gasteiger partial charge in [0.2, 0.25) is 0 Å². The molecule has 2 saturated heterocycles. The molecule has 1 atom stereocenters. The fourth-order valence-electron chi connectivity index (χ4n) is 5.02. The Hall–Kier alpha value is -1.80. The summed E-state index contributed by atoms with van der Waals surface area (Å²) in [4.78, 5) is 34.3. The smallest absolute Gasteiger partial charge is 0.263 e. The summed E-state index contributed by atoms with van der Waals surface area (Å²) in [6.45, 7) is 3.80. The van der Waals surface area contributed by atoms with Crippen molar-refractivity contribution in [2.24, 2.45) is 5.92 Å². The Morgan fingerprint density at radius 1 is 1.26 bits per heavy atom. The topological polar surface area (TPSA) is 71.5 Å². The zero-order valence-electron chi connectivity index (χ0n) is 17.5. The Labute approximate surface area is 192 Å². The minimum atomic E-state index is -0.229. The van der Waals surface area contributed by atoms with Gasteiger partial charge in [0, 0.05) is 36.5 Å². The van der Waals surface area contributed by atoms with Crippen LogP contribution in [-0.4, -0.2) is 54.4 Å². The average molecular weight is 462 g/mol. The molecule has 6 nitrogen and oxygen atoms in total. The first-order valence-electron chi connectivity index (χ1n) is 10.9.